The Balaban J connectivity index is 0.00000162. The topological polar surface area (TPSA) is 15.3 Å². The van der Waals surface area contributed by atoms with Crippen LogP contribution in [0.1, 0.15) is 31.2 Å². The van der Waals surface area contributed by atoms with Gasteiger partial charge in [-0.05, 0) is 45.0 Å². The van der Waals surface area contributed by atoms with Gasteiger partial charge < -0.3 is 10.2 Å². The average Bonchev–Trinajstić information content (AvgIpc) is 2.39. The van der Waals surface area contributed by atoms with Gasteiger partial charge in [0.05, 0.1) is 0 Å². The molecule has 1 unspecified atom stereocenters. The molecule has 0 aromatic heterocycles. The van der Waals surface area contributed by atoms with E-state index in [1.165, 1.54) is 44.3 Å². The number of piperidine rings is 1. The molecule has 1 aliphatic rings. The van der Waals surface area contributed by atoms with E-state index in [1.807, 2.05) is 0 Å². The lowest BCUT2D eigenvalue weighted by molar-refractivity contribution is 0.282. The lowest BCUT2D eigenvalue weighted by atomic mass is 10.0. The Kier molecular flexibility index (Phi) is 10.3. The summed E-state index contributed by atoms with van der Waals surface area (Å²) in [6.07, 6.45) is 5.40. The largest absolute Gasteiger partial charge is 0.314 e. The van der Waals surface area contributed by atoms with Gasteiger partial charge in [0.15, 0.2) is 0 Å². The molecule has 1 atom stereocenters. The summed E-state index contributed by atoms with van der Waals surface area (Å²) in [6.45, 7) is 3.47. The van der Waals surface area contributed by atoms with E-state index in [0.717, 1.165) is 12.6 Å². The normalized spacial score (nSPS) is 18.5. The van der Waals surface area contributed by atoms with Gasteiger partial charge in [0.1, 0.15) is 0 Å². The smallest absolute Gasteiger partial charge is 0.0230 e. The molecule has 1 aromatic rings. The second-order valence-electron chi connectivity index (χ2n) is 5.16. The maximum atomic E-state index is 3.61. The van der Waals surface area contributed by atoms with Crippen molar-refractivity contribution < 1.29 is 0 Å². The standard InChI is InChI=1S/C15H24N2.2ClH/c1-17(13-14-7-3-2-4-8-14)12-10-15-9-5-6-11-16-15;;/h2-4,7-8,15-16H,5-6,9-13H2,1H3;2*1H. The van der Waals surface area contributed by atoms with Gasteiger partial charge in [-0.15, -0.1) is 24.8 Å². The van der Waals surface area contributed by atoms with Crippen LogP contribution in [0.5, 0.6) is 0 Å². The lowest BCUT2D eigenvalue weighted by Gasteiger charge is -2.26. The first-order valence-electron chi connectivity index (χ1n) is 6.80. The van der Waals surface area contributed by atoms with Crippen molar-refractivity contribution in [2.24, 2.45) is 0 Å². The van der Waals surface area contributed by atoms with E-state index < -0.39 is 0 Å². The zero-order valence-corrected chi connectivity index (χ0v) is 13.3. The van der Waals surface area contributed by atoms with Crippen LogP contribution in [0.25, 0.3) is 0 Å². The average molecular weight is 305 g/mol. The second-order valence-corrected chi connectivity index (χ2v) is 5.16. The number of nitrogens with zero attached hydrogens (tertiary/aromatic N) is 1. The molecule has 0 saturated carbocycles. The predicted octanol–water partition coefficient (Wildman–Crippen LogP) is 3.49. The van der Waals surface area contributed by atoms with Crippen LogP contribution in [-0.4, -0.2) is 31.1 Å². The van der Waals surface area contributed by atoms with E-state index >= 15 is 0 Å². The quantitative estimate of drug-likeness (QED) is 0.896. The molecule has 1 aliphatic heterocycles. The molecule has 0 amide bonds. The molecule has 1 fully saturated rings. The Morgan fingerprint density at radius 3 is 2.53 bits per heavy atom. The molecule has 1 saturated heterocycles. The molecular weight excluding hydrogens is 279 g/mol. The van der Waals surface area contributed by atoms with Gasteiger partial charge in [0, 0.05) is 12.6 Å². The summed E-state index contributed by atoms with van der Waals surface area (Å²) in [5, 5.41) is 3.61. The number of halogens is 2. The van der Waals surface area contributed by atoms with Crippen molar-refractivity contribution in [1.82, 2.24) is 10.2 Å². The highest BCUT2D eigenvalue weighted by molar-refractivity contribution is 5.85. The SMILES string of the molecule is CN(CCC1CCCCN1)Cc1ccccc1.Cl.Cl. The van der Waals surface area contributed by atoms with Crippen LogP contribution < -0.4 is 5.32 Å². The Labute approximate surface area is 129 Å². The summed E-state index contributed by atoms with van der Waals surface area (Å²) >= 11 is 0. The maximum absolute atomic E-state index is 3.61. The molecule has 19 heavy (non-hydrogen) atoms. The van der Waals surface area contributed by atoms with Gasteiger partial charge in [-0.25, -0.2) is 0 Å². The molecule has 2 nitrogen and oxygen atoms in total. The van der Waals surface area contributed by atoms with Gasteiger partial charge in [-0.3, -0.25) is 0 Å². The highest BCUT2D eigenvalue weighted by atomic mass is 35.5. The molecule has 1 heterocycles. The number of hydrogen-bond donors (Lipinski definition) is 1. The summed E-state index contributed by atoms with van der Waals surface area (Å²) in [6, 6.07) is 11.5. The first-order chi connectivity index (χ1) is 8.34. The Bertz CT molecular complexity index is 313. The lowest BCUT2D eigenvalue weighted by Crippen LogP contribution is -2.36. The first kappa shape index (κ1) is 18.7. The zero-order chi connectivity index (χ0) is 11.9. The van der Waals surface area contributed by atoms with Gasteiger partial charge in [-0.1, -0.05) is 36.8 Å². The molecule has 4 heteroatoms. The summed E-state index contributed by atoms with van der Waals surface area (Å²) in [4.78, 5) is 2.42. The van der Waals surface area contributed by atoms with Crippen molar-refractivity contribution in [3.05, 3.63) is 35.9 Å². The molecule has 0 spiro atoms. The third kappa shape index (κ3) is 7.17. The summed E-state index contributed by atoms with van der Waals surface area (Å²) in [5.74, 6) is 0. The molecule has 1 aromatic carbocycles. The van der Waals surface area contributed by atoms with Crippen LogP contribution in [0.3, 0.4) is 0 Å². The van der Waals surface area contributed by atoms with Crippen LogP contribution >= 0.6 is 24.8 Å². The van der Waals surface area contributed by atoms with E-state index in [9.17, 15) is 0 Å². The van der Waals surface area contributed by atoms with Gasteiger partial charge in [0.2, 0.25) is 0 Å². The number of benzene rings is 1. The van der Waals surface area contributed by atoms with Crippen LogP contribution in [0.4, 0.5) is 0 Å². The van der Waals surface area contributed by atoms with Crippen LogP contribution in [0.15, 0.2) is 30.3 Å². The van der Waals surface area contributed by atoms with Gasteiger partial charge in [-0.2, -0.15) is 0 Å². The van der Waals surface area contributed by atoms with E-state index in [1.54, 1.807) is 0 Å². The molecule has 0 aliphatic carbocycles. The Morgan fingerprint density at radius 1 is 1.16 bits per heavy atom. The second kappa shape index (κ2) is 10.5. The minimum atomic E-state index is 0. The third-order valence-corrected chi connectivity index (χ3v) is 3.57. The first-order valence-corrected chi connectivity index (χ1v) is 6.80. The number of nitrogens with one attached hydrogen (secondary N) is 1. The molecule has 110 valence electrons. The fourth-order valence-corrected chi connectivity index (χ4v) is 2.52. The number of rotatable bonds is 5. The summed E-state index contributed by atoms with van der Waals surface area (Å²) < 4.78 is 0. The summed E-state index contributed by atoms with van der Waals surface area (Å²) in [7, 11) is 2.22. The third-order valence-electron chi connectivity index (χ3n) is 3.57. The minimum absolute atomic E-state index is 0. The molecular formula is C15H26Cl2N2. The van der Waals surface area contributed by atoms with Crippen molar-refractivity contribution in [2.45, 2.75) is 38.3 Å². The van der Waals surface area contributed by atoms with Crippen molar-refractivity contribution in [1.29, 1.82) is 0 Å². The van der Waals surface area contributed by atoms with E-state index in [0.29, 0.717) is 0 Å². The highest BCUT2D eigenvalue weighted by Gasteiger charge is 2.12. The molecule has 0 radical (unpaired) electrons. The minimum Gasteiger partial charge on any atom is -0.314 e. The van der Waals surface area contributed by atoms with Crippen molar-refractivity contribution in [2.75, 3.05) is 20.1 Å². The monoisotopic (exact) mass is 304 g/mol. The zero-order valence-electron chi connectivity index (χ0n) is 11.7. The highest BCUT2D eigenvalue weighted by Crippen LogP contribution is 2.11. The van der Waals surface area contributed by atoms with Crippen LogP contribution in [0.2, 0.25) is 0 Å². The van der Waals surface area contributed by atoms with E-state index in [2.05, 4.69) is 47.6 Å². The van der Waals surface area contributed by atoms with Crippen molar-refractivity contribution in [3.8, 4) is 0 Å². The van der Waals surface area contributed by atoms with Gasteiger partial charge in [0.25, 0.3) is 0 Å². The van der Waals surface area contributed by atoms with E-state index in [4.69, 9.17) is 0 Å². The Hall–Kier alpha value is -0.280. The summed E-state index contributed by atoms with van der Waals surface area (Å²) in [5.41, 5.74) is 1.41. The van der Waals surface area contributed by atoms with Gasteiger partial charge >= 0.3 is 0 Å². The molecule has 1 N–H and O–H groups in total. The Morgan fingerprint density at radius 2 is 1.89 bits per heavy atom. The van der Waals surface area contributed by atoms with Crippen LogP contribution in [-0.2, 0) is 6.54 Å². The van der Waals surface area contributed by atoms with Crippen molar-refractivity contribution >= 4 is 24.8 Å². The van der Waals surface area contributed by atoms with Crippen LogP contribution in [0, 0.1) is 0 Å². The van der Waals surface area contributed by atoms with E-state index in [-0.39, 0.29) is 24.8 Å². The maximum Gasteiger partial charge on any atom is 0.0230 e. The number of hydrogen-bond acceptors (Lipinski definition) is 2. The fourth-order valence-electron chi connectivity index (χ4n) is 2.52. The van der Waals surface area contributed by atoms with Crippen molar-refractivity contribution in [3.63, 3.8) is 0 Å². The fraction of sp³-hybridized carbons (Fsp3) is 0.600. The molecule has 2 rings (SSSR count). The predicted molar refractivity (Wildman–Crippen MR) is 87.5 cm³/mol. The molecule has 0 bridgehead atoms.